The standard InChI is InChI=1S/C17H28N2O3S.ClH/c1-11(2)15-10-17(12(3)8-16(15)22-5)23(20,21)19-14-6-7-18-13(4)9-14;/h8,10-11,13-14,18-19H,6-7,9H2,1-5H3;1H. The second kappa shape index (κ2) is 8.52. The Bertz CT molecular complexity index is 662. The molecule has 7 heteroatoms. The van der Waals surface area contributed by atoms with Crippen LogP contribution in [-0.2, 0) is 10.0 Å². The molecule has 1 saturated heterocycles. The topological polar surface area (TPSA) is 67.4 Å². The predicted octanol–water partition coefficient (Wildman–Crippen LogP) is 2.97. The predicted molar refractivity (Wildman–Crippen MR) is 99.9 cm³/mol. The summed E-state index contributed by atoms with van der Waals surface area (Å²) in [6.07, 6.45) is 1.63. The second-order valence-corrected chi connectivity index (χ2v) is 8.39. The molecule has 5 nitrogen and oxygen atoms in total. The van der Waals surface area contributed by atoms with Gasteiger partial charge in [0.05, 0.1) is 12.0 Å². The van der Waals surface area contributed by atoms with E-state index in [2.05, 4.69) is 17.0 Å². The first-order valence-electron chi connectivity index (χ1n) is 8.19. The minimum absolute atomic E-state index is 0. The molecule has 24 heavy (non-hydrogen) atoms. The van der Waals surface area contributed by atoms with Crippen LogP contribution in [-0.4, -0.2) is 34.2 Å². The Hall–Kier alpha value is -0.820. The first-order valence-corrected chi connectivity index (χ1v) is 9.67. The van der Waals surface area contributed by atoms with Gasteiger partial charge in [0.25, 0.3) is 0 Å². The van der Waals surface area contributed by atoms with E-state index >= 15 is 0 Å². The largest absolute Gasteiger partial charge is 0.496 e. The Balaban J connectivity index is 0.00000288. The van der Waals surface area contributed by atoms with Crippen molar-refractivity contribution in [3.8, 4) is 5.75 Å². The molecule has 2 atom stereocenters. The summed E-state index contributed by atoms with van der Waals surface area (Å²) >= 11 is 0. The van der Waals surface area contributed by atoms with Gasteiger partial charge in [0.2, 0.25) is 10.0 Å². The number of methoxy groups -OCH3 is 1. The highest BCUT2D eigenvalue weighted by molar-refractivity contribution is 7.89. The lowest BCUT2D eigenvalue weighted by atomic mass is 10.0. The number of halogens is 1. The van der Waals surface area contributed by atoms with Crippen molar-refractivity contribution in [2.75, 3.05) is 13.7 Å². The van der Waals surface area contributed by atoms with Crippen molar-refractivity contribution >= 4 is 22.4 Å². The van der Waals surface area contributed by atoms with E-state index in [0.29, 0.717) is 16.5 Å². The molecule has 1 aliphatic heterocycles. The summed E-state index contributed by atoms with van der Waals surface area (Å²) in [6.45, 7) is 8.80. The van der Waals surface area contributed by atoms with Crippen LogP contribution >= 0.6 is 12.4 Å². The molecule has 1 heterocycles. The third kappa shape index (κ3) is 4.85. The summed E-state index contributed by atoms with van der Waals surface area (Å²) in [5.41, 5.74) is 1.62. The van der Waals surface area contributed by atoms with Crippen LogP contribution < -0.4 is 14.8 Å². The summed E-state index contributed by atoms with van der Waals surface area (Å²) in [4.78, 5) is 0.355. The number of ether oxygens (including phenoxy) is 1. The fraction of sp³-hybridized carbons (Fsp3) is 0.647. The molecule has 0 saturated carbocycles. The number of hydrogen-bond acceptors (Lipinski definition) is 4. The number of benzene rings is 1. The van der Waals surface area contributed by atoms with Gasteiger partial charge in [-0.2, -0.15) is 0 Å². The highest BCUT2D eigenvalue weighted by atomic mass is 35.5. The number of hydrogen-bond donors (Lipinski definition) is 2. The third-order valence-electron chi connectivity index (χ3n) is 4.38. The molecule has 1 aliphatic rings. The van der Waals surface area contributed by atoms with Crippen molar-refractivity contribution in [2.24, 2.45) is 0 Å². The lowest BCUT2D eigenvalue weighted by Crippen LogP contribution is -2.46. The average Bonchev–Trinajstić information content (AvgIpc) is 2.45. The van der Waals surface area contributed by atoms with Crippen LogP contribution in [0.15, 0.2) is 17.0 Å². The fourth-order valence-corrected chi connectivity index (χ4v) is 4.66. The van der Waals surface area contributed by atoms with E-state index in [-0.39, 0.29) is 24.4 Å². The molecular formula is C17H29ClN2O3S. The summed E-state index contributed by atoms with van der Waals surface area (Å²) in [5.74, 6) is 0.936. The van der Waals surface area contributed by atoms with E-state index in [1.54, 1.807) is 13.2 Å². The highest BCUT2D eigenvalue weighted by Gasteiger charge is 2.26. The van der Waals surface area contributed by atoms with E-state index in [1.165, 1.54) is 0 Å². The zero-order chi connectivity index (χ0) is 17.2. The lowest BCUT2D eigenvalue weighted by Gasteiger charge is -2.28. The van der Waals surface area contributed by atoms with Gasteiger partial charge in [0, 0.05) is 12.1 Å². The Morgan fingerprint density at radius 3 is 2.54 bits per heavy atom. The fourth-order valence-electron chi connectivity index (χ4n) is 3.12. The molecule has 2 N–H and O–H groups in total. The first kappa shape index (κ1) is 21.2. The van der Waals surface area contributed by atoms with Crippen LogP contribution in [0.1, 0.15) is 50.7 Å². The van der Waals surface area contributed by atoms with Gasteiger partial charge >= 0.3 is 0 Å². The smallest absolute Gasteiger partial charge is 0.241 e. The molecule has 138 valence electrons. The number of aryl methyl sites for hydroxylation is 1. The van der Waals surface area contributed by atoms with Crippen LogP contribution in [0.4, 0.5) is 0 Å². The van der Waals surface area contributed by atoms with E-state index in [9.17, 15) is 8.42 Å². The van der Waals surface area contributed by atoms with E-state index in [1.807, 2.05) is 26.8 Å². The van der Waals surface area contributed by atoms with Gasteiger partial charge in [0.1, 0.15) is 5.75 Å². The number of sulfonamides is 1. The van der Waals surface area contributed by atoms with Gasteiger partial charge in [0.15, 0.2) is 0 Å². The van der Waals surface area contributed by atoms with Gasteiger partial charge in [-0.1, -0.05) is 13.8 Å². The van der Waals surface area contributed by atoms with Crippen molar-refractivity contribution in [1.82, 2.24) is 10.0 Å². The molecule has 1 fully saturated rings. The Labute approximate surface area is 152 Å². The molecule has 1 aromatic carbocycles. The average molecular weight is 377 g/mol. The van der Waals surface area contributed by atoms with Crippen molar-refractivity contribution in [3.05, 3.63) is 23.3 Å². The number of rotatable bonds is 5. The minimum Gasteiger partial charge on any atom is -0.496 e. The monoisotopic (exact) mass is 376 g/mol. The summed E-state index contributed by atoms with van der Waals surface area (Å²) < 4.78 is 33.9. The van der Waals surface area contributed by atoms with Crippen LogP contribution in [0.2, 0.25) is 0 Å². The summed E-state index contributed by atoms with van der Waals surface area (Å²) in [7, 11) is -1.91. The van der Waals surface area contributed by atoms with Crippen LogP contribution in [0.25, 0.3) is 0 Å². The van der Waals surface area contributed by atoms with Gasteiger partial charge in [-0.05, 0) is 62.4 Å². The Kier molecular flexibility index (Phi) is 7.53. The molecule has 0 radical (unpaired) electrons. The van der Waals surface area contributed by atoms with Crippen molar-refractivity contribution in [1.29, 1.82) is 0 Å². The molecular weight excluding hydrogens is 348 g/mol. The van der Waals surface area contributed by atoms with Gasteiger partial charge in [-0.3, -0.25) is 0 Å². The summed E-state index contributed by atoms with van der Waals surface area (Å²) in [5, 5.41) is 3.34. The Morgan fingerprint density at radius 1 is 1.33 bits per heavy atom. The van der Waals surface area contributed by atoms with Crippen LogP contribution in [0.3, 0.4) is 0 Å². The summed E-state index contributed by atoms with van der Waals surface area (Å²) in [6, 6.07) is 3.89. The van der Waals surface area contributed by atoms with Gasteiger partial charge < -0.3 is 10.1 Å². The van der Waals surface area contributed by atoms with E-state index < -0.39 is 10.0 Å². The van der Waals surface area contributed by atoms with Crippen molar-refractivity contribution < 1.29 is 13.2 Å². The van der Waals surface area contributed by atoms with Crippen LogP contribution in [0, 0.1) is 6.92 Å². The van der Waals surface area contributed by atoms with Crippen molar-refractivity contribution in [2.45, 2.75) is 63.4 Å². The number of piperidine rings is 1. The molecule has 1 aromatic rings. The quantitative estimate of drug-likeness (QED) is 0.829. The first-order chi connectivity index (χ1) is 10.7. The molecule has 0 aromatic heterocycles. The second-order valence-electron chi connectivity index (χ2n) is 6.71. The molecule has 0 spiro atoms. The number of nitrogens with one attached hydrogen (secondary N) is 2. The maximum absolute atomic E-state index is 12.8. The normalized spacial score (nSPS) is 21.4. The maximum Gasteiger partial charge on any atom is 0.241 e. The lowest BCUT2D eigenvalue weighted by molar-refractivity contribution is 0.361. The maximum atomic E-state index is 12.8. The molecule has 2 unspecified atom stereocenters. The molecule has 0 aliphatic carbocycles. The highest BCUT2D eigenvalue weighted by Crippen LogP contribution is 2.31. The van der Waals surface area contributed by atoms with Crippen LogP contribution in [0.5, 0.6) is 5.75 Å². The molecule has 2 rings (SSSR count). The molecule has 0 amide bonds. The minimum atomic E-state index is -3.53. The SMILES string of the molecule is COc1cc(C)c(S(=O)(=O)NC2CCNC(C)C2)cc1C(C)C.Cl. The third-order valence-corrected chi connectivity index (χ3v) is 6.05. The molecule has 0 bridgehead atoms. The Morgan fingerprint density at radius 2 is 2.00 bits per heavy atom. The van der Waals surface area contributed by atoms with Gasteiger partial charge in [-0.25, -0.2) is 13.1 Å². The van der Waals surface area contributed by atoms with E-state index in [0.717, 1.165) is 30.7 Å². The van der Waals surface area contributed by atoms with Crippen molar-refractivity contribution in [3.63, 3.8) is 0 Å². The zero-order valence-electron chi connectivity index (χ0n) is 15.0. The van der Waals surface area contributed by atoms with E-state index in [4.69, 9.17) is 4.74 Å². The zero-order valence-corrected chi connectivity index (χ0v) is 16.7. The van der Waals surface area contributed by atoms with Gasteiger partial charge in [-0.15, -0.1) is 12.4 Å².